The summed E-state index contributed by atoms with van der Waals surface area (Å²) in [6.07, 6.45) is 0.928. The summed E-state index contributed by atoms with van der Waals surface area (Å²) < 4.78 is 40.4. The van der Waals surface area contributed by atoms with Crippen LogP contribution in [0.4, 0.5) is 5.69 Å². The van der Waals surface area contributed by atoms with Crippen molar-refractivity contribution >= 4 is 23.3 Å². The molecule has 32 heavy (non-hydrogen) atoms. The molecule has 1 saturated heterocycles. The molecule has 3 aromatic rings. The summed E-state index contributed by atoms with van der Waals surface area (Å²) in [4.78, 5) is 4.78. The van der Waals surface area contributed by atoms with Gasteiger partial charge in [0, 0.05) is 17.0 Å². The van der Waals surface area contributed by atoms with Crippen molar-refractivity contribution in [1.29, 1.82) is 0 Å². The lowest BCUT2D eigenvalue weighted by atomic mass is 10.1. The van der Waals surface area contributed by atoms with E-state index in [1.165, 1.54) is 21.6 Å². The van der Waals surface area contributed by atoms with Crippen molar-refractivity contribution in [3.8, 4) is 0 Å². The highest BCUT2D eigenvalue weighted by molar-refractivity contribution is 8.00. The molecule has 0 saturated carbocycles. The van der Waals surface area contributed by atoms with Crippen LogP contribution in [-0.2, 0) is 4.74 Å². The Morgan fingerprint density at radius 2 is 1.44 bits per heavy atom. The number of aryl methyl sites for hydroxylation is 2. The number of nitrogens with one attached hydrogen (secondary N) is 1. The summed E-state index contributed by atoms with van der Waals surface area (Å²) in [7, 11) is -4.94. The maximum atomic E-state index is 8.49. The monoisotopic (exact) mass is 473 g/mol. The third kappa shape index (κ3) is 7.63. The van der Waals surface area contributed by atoms with E-state index in [0.29, 0.717) is 5.25 Å². The van der Waals surface area contributed by atoms with Gasteiger partial charge in [-0.1, -0.05) is 54.6 Å². The van der Waals surface area contributed by atoms with Crippen LogP contribution in [0.5, 0.6) is 0 Å². The fourth-order valence-electron chi connectivity index (χ4n) is 3.33. The Kier molecular flexibility index (Phi) is 8.31. The smallest absolute Gasteiger partial charge is 0.342 e. The molecule has 168 valence electrons. The van der Waals surface area contributed by atoms with Gasteiger partial charge in [-0.25, -0.2) is 18.6 Å². The zero-order chi connectivity index (χ0) is 23.1. The van der Waals surface area contributed by atoms with E-state index in [-0.39, 0.29) is 6.10 Å². The van der Waals surface area contributed by atoms with Crippen LogP contribution in [0.2, 0.25) is 0 Å². The topological polar surface area (TPSA) is 115 Å². The van der Waals surface area contributed by atoms with Crippen LogP contribution in [0.25, 0.3) is 0 Å². The van der Waals surface area contributed by atoms with Gasteiger partial charge in [0.15, 0.2) is 0 Å². The lowest BCUT2D eigenvalue weighted by Crippen LogP contribution is -2.68. The largest absolute Gasteiger partial charge is 0.438 e. The molecule has 8 heteroatoms. The van der Waals surface area contributed by atoms with Gasteiger partial charge in [-0.2, -0.15) is 4.99 Å². The van der Waals surface area contributed by atoms with E-state index in [2.05, 4.69) is 97.7 Å². The van der Waals surface area contributed by atoms with Gasteiger partial charge >= 0.3 is 5.90 Å². The first-order chi connectivity index (χ1) is 15.2. The van der Waals surface area contributed by atoms with Gasteiger partial charge in [0.25, 0.3) is 0 Å². The second kappa shape index (κ2) is 11.0. The molecule has 4 rings (SSSR count). The number of hydrogen-bond donors (Lipinski definition) is 1. The van der Waals surface area contributed by atoms with Gasteiger partial charge in [0.1, 0.15) is 6.10 Å². The lowest BCUT2D eigenvalue weighted by Gasteiger charge is -2.17. The molecule has 0 radical (unpaired) electrons. The minimum Gasteiger partial charge on any atom is -0.438 e. The summed E-state index contributed by atoms with van der Waals surface area (Å²) in [5.74, 6) is 0.945. The number of ether oxygens (including phenoxy) is 1. The van der Waals surface area contributed by atoms with Gasteiger partial charge in [-0.15, -0.1) is 22.0 Å². The Hall–Kier alpha value is -2.39. The molecule has 0 aliphatic carbocycles. The molecule has 1 fully saturated rings. The summed E-state index contributed by atoms with van der Waals surface area (Å²) in [6.45, 7) is 4.28. The van der Waals surface area contributed by atoms with Crippen LogP contribution in [0.15, 0.2) is 83.8 Å². The summed E-state index contributed by atoms with van der Waals surface area (Å²) in [5, 5.41) is 0.337. The SMILES string of the molecule is Cc1ccc([NH+]=C2CC(Sc3ccccc3)C(c3ccccc3)O2)cc1C.[O-][Cl+3]([O-])([O-])[O-]. The standard InChI is InChI=1S/C24H23NOS.ClHO4/c1-17-13-14-20(15-18(17)2)25-23-16-22(27-21-11-7-4-8-12-21)24(26-23)19-9-5-3-6-10-19;2-1(3,4)5/h3-15,22,24H,16H2,1-2H3;(H,2,3,4,5). The zero-order valence-electron chi connectivity index (χ0n) is 17.7. The summed E-state index contributed by atoms with van der Waals surface area (Å²) in [6, 6.07) is 27.6. The zero-order valence-corrected chi connectivity index (χ0v) is 19.3. The average Bonchev–Trinajstić information content (AvgIpc) is 3.13. The van der Waals surface area contributed by atoms with Crippen LogP contribution in [0.3, 0.4) is 0 Å². The number of rotatable bonds is 4. The molecule has 0 spiro atoms. The highest BCUT2D eigenvalue weighted by Gasteiger charge is 2.38. The van der Waals surface area contributed by atoms with Crippen molar-refractivity contribution in [1.82, 2.24) is 0 Å². The first kappa shape index (κ1) is 24.3. The Morgan fingerprint density at radius 1 is 0.844 bits per heavy atom. The van der Waals surface area contributed by atoms with Crippen molar-refractivity contribution in [2.75, 3.05) is 0 Å². The minimum absolute atomic E-state index is 0.0467. The van der Waals surface area contributed by atoms with Crippen molar-refractivity contribution < 1.29 is 38.6 Å². The second-order valence-corrected chi connectivity index (χ2v) is 9.42. The Balaban J connectivity index is 0.000000523. The van der Waals surface area contributed by atoms with E-state index < -0.39 is 10.2 Å². The number of thioether (sulfide) groups is 1. The van der Waals surface area contributed by atoms with E-state index in [1.807, 2.05) is 11.8 Å². The maximum Gasteiger partial charge on any atom is 0.342 e. The quantitative estimate of drug-likeness (QED) is 0.569. The molecule has 6 nitrogen and oxygen atoms in total. The van der Waals surface area contributed by atoms with Gasteiger partial charge in [0.05, 0.1) is 11.7 Å². The van der Waals surface area contributed by atoms with Gasteiger partial charge in [-0.3, -0.25) is 0 Å². The predicted molar refractivity (Wildman–Crippen MR) is 113 cm³/mol. The Labute approximate surface area is 194 Å². The molecular weight excluding hydrogens is 450 g/mol. The Bertz CT molecular complexity index is 1040. The van der Waals surface area contributed by atoms with Crippen LogP contribution in [-0.4, -0.2) is 11.1 Å². The second-order valence-electron chi connectivity index (χ2n) is 7.35. The number of benzene rings is 3. The van der Waals surface area contributed by atoms with E-state index in [4.69, 9.17) is 23.4 Å². The van der Waals surface area contributed by atoms with Crippen molar-refractivity contribution in [2.24, 2.45) is 0 Å². The molecular formula is C24H24ClNO5S. The molecule has 0 bridgehead atoms. The van der Waals surface area contributed by atoms with E-state index in [0.717, 1.165) is 18.0 Å². The van der Waals surface area contributed by atoms with E-state index >= 15 is 0 Å². The van der Waals surface area contributed by atoms with Gasteiger partial charge in [-0.05, 0) is 42.7 Å². The normalized spacial score (nSPS) is 19.2. The molecule has 1 heterocycles. The molecule has 2 unspecified atom stereocenters. The van der Waals surface area contributed by atoms with Crippen LogP contribution in [0.1, 0.15) is 29.2 Å². The lowest BCUT2D eigenvalue weighted by molar-refractivity contribution is -2.00. The van der Waals surface area contributed by atoms with Crippen LogP contribution in [0, 0.1) is 24.1 Å². The number of hydrogen-bond acceptors (Lipinski definition) is 6. The molecule has 2 atom stereocenters. The summed E-state index contributed by atoms with van der Waals surface area (Å²) >= 11 is 1.89. The van der Waals surface area contributed by atoms with Crippen LogP contribution < -0.4 is 23.6 Å². The van der Waals surface area contributed by atoms with Crippen molar-refractivity contribution in [3.05, 3.63) is 95.6 Å². The third-order valence-corrected chi connectivity index (χ3v) is 6.20. The molecule has 1 N–H and O–H groups in total. The molecule has 0 amide bonds. The predicted octanol–water partition coefficient (Wildman–Crippen LogP) is -0.0195. The first-order valence-electron chi connectivity index (χ1n) is 9.94. The number of halogens is 1. The van der Waals surface area contributed by atoms with E-state index in [9.17, 15) is 0 Å². The minimum atomic E-state index is -4.94. The van der Waals surface area contributed by atoms with Crippen LogP contribution >= 0.6 is 11.8 Å². The van der Waals surface area contributed by atoms with Gasteiger partial charge < -0.3 is 4.74 Å². The molecule has 3 aromatic carbocycles. The summed E-state index contributed by atoms with van der Waals surface area (Å²) in [5.41, 5.74) is 4.90. The van der Waals surface area contributed by atoms with Crippen molar-refractivity contribution in [3.63, 3.8) is 0 Å². The third-order valence-electron chi connectivity index (χ3n) is 4.94. The molecule has 0 aromatic heterocycles. The highest BCUT2D eigenvalue weighted by Crippen LogP contribution is 2.40. The molecule has 1 aliphatic heterocycles. The maximum absolute atomic E-state index is 8.49. The first-order valence-corrected chi connectivity index (χ1v) is 12.1. The fraction of sp³-hybridized carbons (Fsp3) is 0.208. The highest BCUT2D eigenvalue weighted by atomic mass is 35.7. The van der Waals surface area contributed by atoms with Crippen molar-refractivity contribution in [2.45, 2.75) is 36.5 Å². The average molecular weight is 474 g/mol. The molecule has 1 aliphatic rings. The Morgan fingerprint density at radius 3 is 2.03 bits per heavy atom. The fourth-order valence-corrected chi connectivity index (χ4v) is 4.57. The van der Waals surface area contributed by atoms with E-state index in [1.54, 1.807) is 0 Å². The van der Waals surface area contributed by atoms with Gasteiger partial charge in [0.2, 0.25) is 5.69 Å².